The van der Waals surface area contributed by atoms with Crippen molar-refractivity contribution < 1.29 is 14.6 Å². The van der Waals surface area contributed by atoms with E-state index in [0.717, 1.165) is 29.2 Å². The number of ether oxygens (including phenoxy) is 1. The number of fused-ring (bicyclic) bond motifs is 1. The van der Waals surface area contributed by atoms with Gasteiger partial charge in [-0.15, -0.1) is 11.3 Å². The zero-order valence-electron chi connectivity index (χ0n) is 17.4. The standard InChI is InChI=1S/C24H23N3O3S/c1-3-30-20-13-21(31-23(20)24(28)29)19-12-22(27-14-26-19)25-11-10-17-15(2)8-9-16-6-4-5-7-18(16)17/h4-9,12-14H,3,10-11H2,1-2H3,(H,28,29)(H,25,26,27). The van der Waals surface area contributed by atoms with Gasteiger partial charge in [-0.1, -0.05) is 36.4 Å². The Morgan fingerprint density at radius 2 is 2.00 bits per heavy atom. The van der Waals surface area contributed by atoms with Gasteiger partial charge in [-0.3, -0.25) is 0 Å². The Bertz CT molecular complexity index is 1240. The van der Waals surface area contributed by atoms with Crippen LogP contribution in [0.5, 0.6) is 5.75 Å². The minimum atomic E-state index is -1.00. The quantitative estimate of drug-likeness (QED) is 0.386. The van der Waals surface area contributed by atoms with Crippen molar-refractivity contribution in [2.24, 2.45) is 0 Å². The molecule has 0 radical (unpaired) electrons. The molecule has 0 saturated heterocycles. The van der Waals surface area contributed by atoms with E-state index in [1.54, 1.807) is 6.07 Å². The van der Waals surface area contributed by atoms with E-state index in [9.17, 15) is 9.90 Å². The number of carboxylic acids is 1. The third-order valence-electron chi connectivity index (χ3n) is 5.07. The Hall–Kier alpha value is -3.45. The van der Waals surface area contributed by atoms with Gasteiger partial charge in [0.05, 0.1) is 17.2 Å². The number of aryl methyl sites for hydroxylation is 1. The zero-order chi connectivity index (χ0) is 21.8. The fourth-order valence-corrected chi connectivity index (χ4v) is 4.50. The minimum absolute atomic E-state index is 0.177. The number of nitrogens with one attached hydrogen (secondary N) is 1. The average Bonchev–Trinajstić information content (AvgIpc) is 3.20. The number of rotatable bonds is 8. The summed E-state index contributed by atoms with van der Waals surface area (Å²) in [6, 6.07) is 16.3. The summed E-state index contributed by atoms with van der Waals surface area (Å²) < 4.78 is 5.46. The monoisotopic (exact) mass is 433 g/mol. The molecule has 0 unspecified atom stereocenters. The molecule has 0 saturated carbocycles. The van der Waals surface area contributed by atoms with Gasteiger partial charge in [0.15, 0.2) is 4.88 Å². The van der Waals surface area contributed by atoms with Crippen LogP contribution >= 0.6 is 11.3 Å². The van der Waals surface area contributed by atoms with Crippen molar-refractivity contribution in [1.29, 1.82) is 0 Å². The number of carbonyl (C=O) groups is 1. The lowest BCUT2D eigenvalue weighted by molar-refractivity contribution is 0.0698. The van der Waals surface area contributed by atoms with Crippen molar-refractivity contribution in [2.75, 3.05) is 18.5 Å². The predicted octanol–water partition coefficient (Wildman–Crippen LogP) is 5.42. The number of hydrogen-bond donors (Lipinski definition) is 2. The summed E-state index contributed by atoms with van der Waals surface area (Å²) in [7, 11) is 0. The van der Waals surface area contributed by atoms with E-state index < -0.39 is 5.97 Å². The van der Waals surface area contributed by atoms with Gasteiger partial charge in [-0.05, 0) is 42.2 Å². The van der Waals surface area contributed by atoms with Crippen LogP contribution in [0.25, 0.3) is 21.3 Å². The van der Waals surface area contributed by atoms with Crippen LogP contribution in [0, 0.1) is 6.92 Å². The molecule has 0 aliphatic heterocycles. The molecule has 0 bridgehead atoms. The third-order valence-corrected chi connectivity index (χ3v) is 6.19. The van der Waals surface area contributed by atoms with E-state index in [1.165, 1.54) is 28.2 Å². The Morgan fingerprint density at radius 1 is 1.16 bits per heavy atom. The van der Waals surface area contributed by atoms with E-state index in [4.69, 9.17) is 4.74 Å². The normalized spacial score (nSPS) is 10.9. The van der Waals surface area contributed by atoms with Crippen molar-refractivity contribution in [1.82, 2.24) is 9.97 Å². The smallest absolute Gasteiger partial charge is 0.349 e. The lowest BCUT2D eigenvalue weighted by Gasteiger charge is -2.11. The molecule has 0 atom stereocenters. The number of hydrogen-bond acceptors (Lipinski definition) is 6. The van der Waals surface area contributed by atoms with Crippen molar-refractivity contribution >= 4 is 33.9 Å². The highest BCUT2D eigenvalue weighted by molar-refractivity contribution is 7.17. The number of aromatic nitrogens is 2. The summed E-state index contributed by atoms with van der Waals surface area (Å²) in [5.41, 5.74) is 3.26. The Balaban J connectivity index is 1.51. The van der Waals surface area contributed by atoms with Crippen LogP contribution in [0.2, 0.25) is 0 Å². The SMILES string of the molecule is CCOc1cc(-c2cc(NCCc3c(C)ccc4ccccc34)ncn2)sc1C(=O)O. The molecule has 31 heavy (non-hydrogen) atoms. The van der Waals surface area contributed by atoms with Crippen LogP contribution in [0.1, 0.15) is 27.7 Å². The van der Waals surface area contributed by atoms with Crippen molar-refractivity contribution in [2.45, 2.75) is 20.3 Å². The van der Waals surface area contributed by atoms with Crippen LogP contribution in [0.4, 0.5) is 5.82 Å². The lowest BCUT2D eigenvalue weighted by atomic mass is 9.97. The molecule has 4 rings (SSSR count). The molecule has 2 heterocycles. The second-order valence-corrected chi connectivity index (χ2v) is 8.14. The van der Waals surface area contributed by atoms with E-state index >= 15 is 0 Å². The summed E-state index contributed by atoms with van der Waals surface area (Å²) in [6.07, 6.45) is 2.35. The second kappa shape index (κ2) is 9.14. The summed E-state index contributed by atoms with van der Waals surface area (Å²) >= 11 is 1.15. The van der Waals surface area contributed by atoms with Crippen molar-refractivity contribution in [3.8, 4) is 16.3 Å². The highest BCUT2D eigenvalue weighted by Gasteiger charge is 2.18. The van der Waals surface area contributed by atoms with Gasteiger partial charge in [-0.25, -0.2) is 14.8 Å². The second-order valence-electron chi connectivity index (χ2n) is 7.09. The molecule has 2 aromatic heterocycles. The fourth-order valence-electron chi connectivity index (χ4n) is 3.59. The molecule has 0 aliphatic rings. The van der Waals surface area contributed by atoms with Gasteiger partial charge in [-0.2, -0.15) is 0 Å². The Labute approximate surface area is 184 Å². The van der Waals surface area contributed by atoms with Crippen molar-refractivity contribution in [3.63, 3.8) is 0 Å². The number of thiophene rings is 1. The van der Waals surface area contributed by atoms with Crippen LogP contribution in [0.3, 0.4) is 0 Å². The van der Waals surface area contributed by atoms with E-state index in [1.807, 2.05) is 13.0 Å². The molecule has 4 aromatic rings. The van der Waals surface area contributed by atoms with Crippen molar-refractivity contribution in [3.05, 3.63) is 70.9 Å². The molecule has 6 nitrogen and oxygen atoms in total. The highest BCUT2D eigenvalue weighted by atomic mass is 32.1. The van der Waals surface area contributed by atoms with E-state index in [-0.39, 0.29) is 4.88 Å². The topological polar surface area (TPSA) is 84.3 Å². The lowest BCUT2D eigenvalue weighted by Crippen LogP contribution is -2.08. The molecule has 0 amide bonds. The fraction of sp³-hybridized carbons (Fsp3) is 0.208. The number of carboxylic acid groups (broad SMARTS) is 1. The van der Waals surface area contributed by atoms with Crippen LogP contribution < -0.4 is 10.1 Å². The highest BCUT2D eigenvalue weighted by Crippen LogP contribution is 2.36. The summed E-state index contributed by atoms with van der Waals surface area (Å²) in [5.74, 6) is 0.0678. The molecule has 2 aromatic carbocycles. The van der Waals surface area contributed by atoms with Gasteiger partial charge in [0.2, 0.25) is 0 Å². The molecule has 7 heteroatoms. The zero-order valence-corrected chi connectivity index (χ0v) is 18.2. The molecule has 0 fully saturated rings. The summed E-state index contributed by atoms with van der Waals surface area (Å²) in [4.78, 5) is 21.0. The molecule has 2 N–H and O–H groups in total. The van der Waals surface area contributed by atoms with Gasteiger partial charge in [0.1, 0.15) is 17.9 Å². The molecule has 0 aliphatic carbocycles. The van der Waals surface area contributed by atoms with Crippen LogP contribution in [-0.4, -0.2) is 34.2 Å². The van der Waals surface area contributed by atoms with Gasteiger partial charge in [0, 0.05) is 18.7 Å². The molecular weight excluding hydrogens is 410 g/mol. The maximum Gasteiger partial charge on any atom is 0.349 e. The third kappa shape index (κ3) is 4.51. The van der Waals surface area contributed by atoms with Gasteiger partial charge in [0.25, 0.3) is 0 Å². The first-order chi connectivity index (χ1) is 15.1. The number of nitrogens with zero attached hydrogens (tertiary/aromatic N) is 2. The van der Waals surface area contributed by atoms with E-state index in [2.05, 4.69) is 58.6 Å². The summed E-state index contributed by atoms with van der Waals surface area (Å²) in [5, 5.41) is 15.3. The first-order valence-corrected chi connectivity index (χ1v) is 10.9. The number of benzene rings is 2. The Kier molecular flexibility index (Phi) is 6.13. The van der Waals surface area contributed by atoms with Gasteiger partial charge < -0.3 is 15.2 Å². The first kappa shape index (κ1) is 20.8. The van der Waals surface area contributed by atoms with Crippen LogP contribution in [-0.2, 0) is 6.42 Å². The Morgan fingerprint density at radius 3 is 2.81 bits per heavy atom. The molecular formula is C24H23N3O3S. The van der Waals surface area contributed by atoms with Gasteiger partial charge >= 0.3 is 5.97 Å². The minimum Gasteiger partial charge on any atom is -0.492 e. The number of anilines is 1. The maximum absolute atomic E-state index is 11.5. The van der Waals surface area contributed by atoms with E-state index in [0.29, 0.717) is 23.9 Å². The van der Waals surface area contributed by atoms with Crippen LogP contribution in [0.15, 0.2) is 54.9 Å². The first-order valence-electron chi connectivity index (χ1n) is 10.1. The maximum atomic E-state index is 11.5. The largest absolute Gasteiger partial charge is 0.492 e. The average molecular weight is 434 g/mol. The molecule has 0 spiro atoms. The molecule has 158 valence electrons. The summed E-state index contributed by atoms with van der Waals surface area (Å²) in [6.45, 7) is 5.09. The predicted molar refractivity (Wildman–Crippen MR) is 124 cm³/mol. The number of aromatic carboxylic acids is 1.